The number of fused-ring (bicyclic) bond motifs is 1. The summed E-state index contributed by atoms with van der Waals surface area (Å²) in [5, 5.41) is 4.32. The minimum Gasteiger partial charge on any atom is -0.493 e. The molecule has 0 unspecified atom stereocenters. The largest absolute Gasteiger partial charge is 0.493 e. The molecule has 126 valence electrons. The van der Waals surface area contributed by atoms with Crippen LogP contribution in [0.25, 0.3) is 16.6 Å². The van der Waals surface area contributed by atoms with Crippen molar-refractivity contribution in [1.82, 2.24) is 9.61 Å². The summed E-state index contributed by atoms with van der Waals surface area (Å²) in [6.07, 6.45) is 3.69. The lowest BCUT2D eigenvalue weighted by Gasteiger charge is -2.15. The highest BCUT2D eigenvalue weighted by atomic mass is 16.5. The van der Waals surface area contributed by atoms with Gasteiger partial charge in [0.25, 0.3) is 0 Å². The molecular formula is C18H20N2O4. The van der Waals surface area contributed by atoms with E-state index in [-0.39, 0.29) is 0 Å². The zero-order valence-electron chi connectivity index (χ0n) is 14.2. The minimum absolute atomic E-state index is 0.564. The molecule has 0 aliphatic rings. The molecule has 1 aromatic carbocycles. The van der Waals surface area contributed by atoms with Gasteiger partial charge in [-0.05, 0) is 36.8 Å². The summed E-state index contributed by atoms with van der Waals surface area (Å²) in [6.45, 7) is 2.54. The van der Waals surface area contributed by atoms with Gasteiger partial charge in [0, 0.05) is 11.8 Å². The first-order chi connectivity index (χ1) is 11.7. The first kappa shape index (κ1) is 16.0. The van der Waals surface area contributed by atoms with E-state index in [1.54, 1.807) is 32.0 Å². The Kier molecular flexibility index (Phi) is 4.46. The summed E-state index contributed by atoms with van der Waals surface area (Å²) in [5.74, 6) is 2.55. The summed E-state index contributed by atoms with van der Waals surface area (Å²) >= 11 is 0. The average Bonchev–Trinajstić information content (AvgIpc) is 3.09. The summed E-state index contributed by atoms with van der Waals surface area (Å²) in [4.78, 5) is 0. The summed E-state index contributed by atoms with van der Waals surface area (Å²) in [7, 11) is 4.79. The van der Waals surface area contributed by atoms with Gasteiger partial charge >= 0.3 is 0 Å². The Labute approximate surface area is 140 Å². The number of nitrogens with zero attached hydrogens (tertiary/aromatic N) is 2. The molecule has 0 N–H and O–H groups in total. The molecular weight excluding hydrogens is 308 g/mol. The monoisotopic (exact) mass is 328 g/mol. The number of pyridine rings is 1. The van der Waals surface area contributed by atoms with Crippen LogP contribution in [0.15, 0.2) is 36.7 Å². The highest BCUT2D eigenvalue weighted by Gasteiger charge is 2.15. The molecule has 0 aliphatic heterocycles. The molecule has 6 nitrogen and oxygen atoms in total. The Morgan fingerprint density at radius 2 is 1.58 bits per heavy atom. The standard InChI is InChI=1S/C18H20N2O4/c1-5-24-15-10-13(11-20-14(15)6-7-19-20)12-8-16(21-2)18(23-4)17(9-12)22-3/h6-11H,5H2,1-4H3. The van der Waals surface area contributed by atoms with Crippen LogP contribution in [0.2, 0.25) is 0 Å². The third-order valence-electron chi connectivity index (χ3n) is 3.77. The Morgan fingerprint density at radius 3 is 2.17 bits per heavy atom. The molecule has 0 spiro atoms. The smallest absolute Gasteiger partial charge is 0.203 e. The first-order valence-corrected chi connectivity index (χ1v) is 7.62. The fourth-order valence-electron chi connectivity index (χ4n) is 2.67. The van der Waals surface area contributed by atoms with E-state index < -0.39 is 0 Å². The van der Waals surface area contributed by atoms with Gasteiger partial charge in [0.05, 0.1) is 34.1 Å². The zero-order chi connectivity index (χ0) is 17.1. The van der Waals surface area contributed by atoms with Gasteiger partial charge in [-0.25, -0.2) is 4.52 Å². The van der Waals surface area contributed by atoms with Gasteiger partial charge in [-0.3, -0.25) is 0 Å². The van der Waals surface area contributed by atoms with Crippen LogP contribution in [-0.4, -0.2) is 37.6 Å². The Morgan fingerprint density at radius 1 is 0.917 bits per heavy atom. The van der Waals surface area contributed by atoms with Crippen molar-refractivity contribution in [2.45, 2.75) is 6.92 Å². The van der Waals surface area contributed by atoms with E-state index in [0.717, 1.165) is 22.4 Å². The highest BCUT2D eigenvalue weighted by Crippen LogP contribution is 2.41. The Balaban J connectivity index is 2.19. The van der Waals surface area contributed by atoms with Crippen LogP contribution >= 0.6 is 0 Å². The normalized spacial score (nSPS) is 10.7. The van der Waals surface area contributed by atoms with E-state index in [2.05, 4.69) is 5.10 Å². The molecule has 6 heteroatoms. The highest BCUT2D eigenvalue weighted by molar-refractivity contribution is 5.74. The fraction of sp³-hybridized carbons (Fsp3) is 0.278. The Hall–Kier alpha value is -2.89. The summed E-state index contributed by atoms with van der Waals surface area (Å²) in [6, 6.07) is 7.72. The molecule has 0 radical (unpaired) electrons. The van der Waals surface area contributed by atoms with Gasteiger partial charge in [0.15, 0.2) is 11.5 Å². The van der Waals surface area contributed by atoms with E-state index >= 15 is 0 Å². The number of ether oxygens (including phenoxy) is 4. The van der Waals surface area contributed by atoms with Crippen molar-refractivity contribution in [3.8, 4) is 34.1 Å². The van der Waals surface area contributed by atoms with Crippen molar-refractivity contribution in [3.63, 3.8) is 0 Å². The Bertz CT molecular complexity index is 832. The van der Waals surface area contributed by atoms with Gasteiger partial charge in [-0.15, -0.1) is 0 Å². The second-order valence-corrected chi connectivity index (χ2v) is 5.10. The third-order valence-corrected chi connectivity index (χ3v) is 3.77. The van der Waals surface area contributed by atoms with Crippen molar-refractivity contribution in [1.29, 1.82) is 0 Å². The topological polar surface area (TPSA) is 54.2 Å². The number of benzene rings is 1. The van der Waals surface area contributed by atoms with E-state index in [4.69, 9.17) is 18.9 Å². The van der Waals surface area contributed by atoms with Gasteiger partial charge in [0.1, 0.15) is 11.3 Å². The lowest BCUT2D eigenvalue weighted by Crippen LogP contribution is -1.98. The number of aromatic nitrogens is 2. The zero-order valence-corrected chi connectivity index (χ0v) is 14.2. The van der Waals surface area contributed by atoms with Crippen molar-refractivity contribution < 1.29 is 18.9 Å². The van der Waals surface area contributed by atoms with Crippen LogP contribution < -0.4 is 18.9 Å². The van der Waals surface area contributed by atoms with Crippen molar-refractivity contribution in [2.75, 3.05) is 27.9 Å². The van der Waals surface area contributed by atoms with Crippen LogP contribution in [0, 0.1) is 0 Å². The van der Waals surface area contributed by atoms with E-state index in [1.807, 2.05) is 37.4 Å². The molecule has 24 heavy (non-hydrogen) atoms. The average molecular weight is 328 g/mol. The van der Waals surface area contributed by atoms with Crippen LogP contribution in [0.1, 0.15) is 6.92 Å². The van der Waals surface area contributed by atoms with E-state index in [1.165, 1.54) is 0 Å². The molecule has 3 rings (SSSR count). The molecule has 3 aromatic rings. The lowest BCUT2D eigenvalue weighted by molar-refractivity contribution is 0.324. The maximum Gasteiger partial charge on any atom is 0.203 e. The molecule has 0 atom stereocenters. The molecule has 0 saturated carbocycles. The van der Waals surface area contributed by atoms with Crippen LogP contribution in [0.5, 0.6) is 23.0 Å². The SMILES string of the molecule is CCOc1cc(-c2cc(OC)c(OC)c(OC)c2)cn2nccc12. The van der Waals surface area contributed by atoms with Gasteiger partial charge in [-0.1, -0.05) is 0 Å². The number of hydrogen-bond acceptors (Lipinski definition) is 5. The summed E-state index contributed by atoms with van der Waals surface area (Å²) in [5.41, 5.74) is 2.78. The second-order valence-electron chi connectivity index (χ2n) is 5.10. The molecule has 2 heterocycles. The van der Waals surface area contributed by atoms with E-state index in [0.29, 0.717) is 23.9 Å². The van der Waals surface area contributed by atoms with Crippen molar-refractivity contribution in [2.24, 2.45) is 0 Å². The van der Waals surface area contributed by atoms with Crippen molar-refractivity contribution in [3.05, 3.63) is 36.7 Å². The van der Waals surface area contributed by atoms with Crippen LogP contribution in [0.4, 0.5) is 0 Å². The molecule has 0 bridgehead atoms. The fourth-order valence-corrected chi connectivity index (χ4v) is 2.67. The van der Waals surface area contributed by atoms with Gasteiger partial charge in [0.2, 0.25) is 5.75 Å². The molecule has 2 aromatic heterocycles. The lowest BCUT2D eigenvalue weighted by atomic mass is 10.1. The van der Waals surface area contributed by atoms with Gasteiger partial charge in [-0.2, -0.15) is 5.10 Å². The summed E-state index contributed by atoms with van der Waals surface area (Å²) < 4.78 is 23.8. The van der Waals surface area contributed by atoms with Crippen molar-refractivity contribution >= 4 is 5.52 Å². The molecule has 0 aliphatic carbocycles. The predicted molar refractivity (Wildman–Crippen MR) is 91.5 cm³/mol. The third kappa shape index (κ3) is 2.71. The first-order valence-electron chi connectivity index (χ1n) is 7.62. The quantitative estimate of drug-likeness (QED) is 0.694. The number of rotatable bonds is 6. The maximum absolute atomic E-state index is 5.75. The predicted octanol–water partition coefficient (Wildman–Crippen LogP) is 3.43. The molecule has 0 fully saturated rings. The number of hydrogen-bond donors (Lipinski definition) is 0. The van der Waals surface area contributed by atoms with Crippen LogP contribution in [-0.2, 0) is 0 Å². The number of methoxy groups -OCH3 is 3. The molecule has 0 saturated heterocycles. The second kappa shape index (κ2) is 6.70. The van der Waals surface area contributed by atoms with E-state index in [9.17, 15) is 0 Å². The minimum atomic E-state index is 0.564. The van der Waals surface area contributed by atoms with Gasteiger partial charge < -0.3 is 18.9 Å². The maximum atomic E-state index is 5.75. The molecule has 0 amide bonds. The van der Waals surface area contributed by atoms with Crippen LogP contribution in [0.3, 0.4) is 0 Å².